The Morgan fingerprint density at radius 3 is 2.28 bits per heavy atom. The zero-order valence-corrected chi connectivity index (χ0v) is 12.3. The minimum Gasteiger partial charge on any atom is -0.0845 e. The summed E-state index contributed by atoms with van der Waals surface area (Å²) in [5.41, 5.74) is 0. The summed E-state index contributed by atoms with van der Waals surface area (Å²) in [5, 5.41) is 0. The third-order valence-electron chi connectivity index (χ3n) is 7.22. The Morgan fingerprint density at radius 1 is 0.944 bits per heavy atom. The summed E-state index contributed by atoms with van der Waals surface area (Å²) in [5.74, 6) is 10.2. The lowest BCUT2D eigenvalue weighted by Crippen LogP contribution is -2.31. The standard InChI is InChI=1S/C18H28/c1-9(2)7-12-8-15-11(4)16(12)18-14-6-5-13(10(14)3)17(15)18/h5-6,9-18H,7-8H2,1-4H3/t10?,11?,12?,13?,14?,15?,16?,17-,18+/m0/s1. The molecule has 4 aliphatic carbocycles. The van der Waals surface area contributed by atoms with E-state index in [-0.39, 0.29) is 0 Å². The molecule has 0 heteroatoms. The van der Waals surface area contributed by atoms with Crippen LogP contribution in [0.3, 0.4) is 0 Å². The van der Waals surface area contributed by atoms with Crippen molar-refractivity contribution in [2.75, 3.05) is 0 Å². The minimum absolute atomic E-state index is 0.895. The van der Waals surface area contributed by atoms with Crippen LogP contribution in [0.4, 0.5) is 0 Å². The van der Waals surface area contributed by atoms with Crippen LogP contribution in [-0.4, -0.2) is 0 Å². The molecule has 7 unspecified atom stereocenters. The van der Waals surface area contributed by atoms with Crippen LogP contribution in [0.5, 0.6) is 0 Å². The van der Waals surface area contributed by atoms with E-state index in [1.807, 2.05) is 0 Å². The number of allylic oxidation sites excluding steroid dienone is 2. The van der Waals surface area contributed by atoms with Gasteiger partial charge in [0, 0.05) is 0 Å². The molecule has 0 amide bonds. The van der Waals surface area contributed by atoms with E-state index in [0.717, 1.165) is 59.2 Å². The fourth-order valence-corrected chi connectivity index (χ4v) is 6.89. The molecule has 3 saturated carbocycles. The average molecular weight is 244 g/mol. The smallest absolute Gasteiger partial charge is 0.0168 e. The zero-order chi connectivity index (χ0) is 12.6. The first kappa shape index (κ1) is 11.6. The van der Waals surface area contributed by atoms with Crippen molar-refractivity contribution in [1.82, 2.24) is 0 Å². The lowest BCUT2D eigenvalue weighted by Gasteiger charge is -2.37. The van der Waals surface area contributed by atoms with E-state index in [0.29, 0.717) is 0 Å². The average Bonchev–Trinajstić information content (AvgIpc) is 2.97. The van der Waals surface area contributed by atoms with Crippen molar-refractivity contribution in [3.63, 3.8) is 0 Å². The summed E-state index contributed by atoms with van der Waals surface area (Å²) in [6.07, 6.45) is 8.23. The Bertz CT molecular complexity index is 379. The normalized spacial score (nSPS) is 59.9. The van der Waals surface area contributed by atoms with Crippen molar-refractivity contribution in [2.24, 2.45) is 59.2 Å². The minimum atomic E-state index is 0.895. The number of rotatable bonds is 2. The molecule has 4 rings (SSSR count). The largest absolute Gasteiger partial charge is 0.0845 e. The molecule has 3 fully saturated rings. The van der Waals surface area contributed by atoms with Crippen LogP contribution in [0.15, 0.2) is 12.2 Å². The molecule has 4 bridgehead atoms. The Balaban J connectivity index is 1.65. The number of hydrogen-bond donors (Lipinski definition) is 0. The van der Waals surface area contributed by atoms with Gasteiger partial charge in [0.05, 0.1) is 0 Å². The molecule has 0 spiro atoms. The molecule has 0 aromatic heterocycles. The van der Waals surface area contributed by atoms with Gasteiger partial charge in [-0.15, -0.1) is 0 Å². The first-order chi connectivity index (χ1) is 8.59. The first-order valence-corrected chi connectivity index (χ1v) is 8.28. The third kappa shape index (κ3) is 1.23. The highest BCUT2D eigenvalue weighted by Crippen LogP contribution is 2.71. The van der Waals surface area contributed by atoms with Crippen molar-refractivity contribution >= 4 is 0 Å². The van der Waals surface area contributed by atoms with Crippen molar-refractivity contribution in [3.8, 4) is 0 Å². The fourth-order valence-electron chi connectivity index (χ4n) is 6.89. The van der Waals surface area contributed by atoms with Crippen LogP contribution in [0, 0.1) is 59.2 Å². The molecular formula is C18H28. The van der Waals surface area contributed by atoms with E-state index in [1.165, 1.54) is 6.42 Å². The number of hydrogen-bond acceptors (Lipinski definition) is 0. The van der Waals surface area contributed by atoms with Gasteiger partial charge in [0.25, 0.3) is 0 Å². The lowest BCUT2D eigenvalue weighted by molar-refractivity contribution is 0.133. The van der Waals surface area contributed by atoms with Crippen LogP contribution < -0.4 is 0 Å². The monoisotopic (exact) mass is 244 g/mol. The highest BCUT2D eigenvalue weighted by Gasteiger charge is 2.65. The van der Waals surface area contributed by atoms with Gasteiger partial charge in [-0.25, -0.2) is 0 Å². The van der Waals surface area contributed by atoms with Crippen molar-refractivity contribution in [3.05, 3.63) is 12.2 Å². The maximum absolute atomic E-state index is 2.59. The second-order valence-corrected chi connectivity index (χ2v) is 8.28. The van der Waals surface area contributed by atoms with E-state index in [2.05, 4.69) is 39.8 Å². The van der Waals surface area contributed by atoms with Gasteiger partial charge < -0.3 is 0 Å². The predicted molar refractivity (Wildman–Crippen MR) is 76.0 cm³/mol. The van der Waals surface area contributed by atoms with E-state index < -0.39 is 0 Å². The topological polar surface area (TPSA) is 0 Å². The van der Waals surface area contributed by atoms with E-state index in [1.54, 1.807) is 6.42 Å². The van der Waals surface area contributed by atoms with Gasteiger partial charge in [-0.1, -0.05) is 39.8 Å². The van der Waals surface area contributed by atoms with Crippen LogP contribution in [0.1, 0.15) is 40.5 Å². The fraction of sp³-hybridized carbons (Fsp3) is 0.889. The maximum Gasteiger partial charge on any atom is -0.0168 e. The van der Waals surface area contributed by atoms with Crippen LogP contribution in [0.2, 0.25) is 0 Å². The second-order valence-electron chi connectivity index (χ2n) is 8.28. The van der Waals surface area contributed by atoms with Gasteiger partial charge in [-0.05, 0) is 72.0 Å². The molecule has 4 aliphatic rings. The molecule has 0 heterocycles. The van der Waals surface area contributed by atoms with Crippen LogP contribution >= 0.6 is 0 Å². The van der Waals surface area contributed by atoms with Crippen molar-refractivity contribution in [1.29, 1.82) is 0 Å². The van der Waals surface area contributed by atoms with Crippen molar-refractivity contribution < 1.29 is 0 Å². The SMILES string of the molecule is CC(C)CC1CC2C(C)C1[C@H]1C3C=CC(C3C)[C@@H]21. The molecule has 100 valence electrons. The molecule has 0 radical (unpaired) electrons. The molecule has 0 saturated heterocycles. The van der Waals surface area contributed by atoms with Gasteiger partial charge in [0.15, 0.2) is 0 Å². The molecule has 0 aliphatic heterocycles. The van der Waals surface area contributed by atoms with Gasteiger partial charge in [0.1, 0.15) is 0 Å². The summed E-state index contributed by atoms with van der Waals surface area (Å²) >= 11 is 0. The highest BCUT2D eigenvalue weighted by atomic mass is 14.7. The Hall–Kier alpha value is -0.260. The summed E-state index contributed by atoms with van der Waals surface area (Å²) < 4.78 is 0. The third-order valence-corrected chi connectivity index (χ3v) is 7.22. The predicted octanol–water partition coefficient (Wildman–Crippen LogP) is 4.62. The van der Waals surface area contributed by atoms with E-state index in [4.69, 9.17) is 0 Å². The Labute approximate surface area is 112 Å². The summed E-state index contributed by atoms with van der Waals surface area (Å²) in [6, 6.07) is 0. The van der Waals surface area contributed by atoms with Crippen molar-refractivity contribution in [2.45, 2.75) is 40.5 Å². The molecule has 0 nitrogen and oxygen atoms in total. The van der Waals surface area contributed by atoms with E-state index in [9.17, 15) is 0 Å². The highest BCUT2D eigenvalue weighted by molar-refractivity contribution is 5.23. The molecule has 9 atom stereocenters. The Kier molecular flexibility index (Phi) is 2.34. The summed E-state index contributed by atoms with van der Waals surface area (Å²) in [6.45, 7) is 9.93. The van der Waals surface area contributed by atoms with Gasteiger partial charge >= 0.3 is 0 Å². The van der Waals surface area contributed by atoms with Gasteiger partial charge in [-0.3, -0.25) is 0 Å². The Morgan fingerprint density at radius 2 is 1.61 bits per heavy atom. The van der Waals surface area contributed by atoms with Crippen LogP contribution in [-0.2, 0) is 0 Å². The zero-order valence-electron chi connectivity index (χ0n) is 12.3. The van der Waals surface area contributed by atoms with E-state index >= 15 is 0 Å². The van der Waals surface area contributed by atoms with Gasteiger partial charge in [0.2, 0.25) is 0 Å². The summed E-state index contributed by atoms with van der Waals surface area (Å²) in [4.78, 5) is 0. The molecule has 0 aromatic carbocycles. The maximum atomic E-state index is 2.59. The quantitative estimate of drug-likeness (QED) is 0.491. The number of fused-ring (bicyclic) bond motifs is 9. The first-order valence-electron chi connectivity index (χ1n) is 8.28. The molecular weight excluding hydrogens is 216 g/mol. The molecule has 0 aromatic rings. The second kappa shape index (κ2) is 3.64. The molecule has 18 heavy (non-hydrogen) atoms. The van der Waals surface area contributed by atoms with Gasteiger partial charge in [-0.2, -0.15) is 0 Å². The van der Waals surface area contributed by atoms with Crippen LogP contribution in [0.25, 0.3) is 0 Å². The lowest BCUT2D eigenvalue weighted by atomic mass is 9.68. The summed E-state index contributed by atoms with van der Waals surface area (Å²) in [7, 11) is 0. The molecule has 0 N–H and O–H groups in total.